The Balaban J connectivity index is 1.83. The monoisotopic (exact) mass is 242 g/mol. The number of benzene rings is 1. The van der Waals surface area contributed by atoms with Crippen molar-refractivity contribution in [2.24, 2.45) is 5.84 Å². The largest absolute Gasteiger partial charge is 0.439 e. The Hall–Kier alpha value is -2.14. The van der Waals surface area contributed by atoms with Gasteiger partial charge in [-0.15, -0.1) is 0 Å². The number of anilines is 1. The molecule has 92 valence electrons. The highest BCUT2D eigenvalue weighted by Crippen LogP contribution is 2.28. The summed E-state index contributed by atoms with van der Waals surface area (Å²) in [4.78, 5) is 7.98. The van der Waals surface area contributed by atoms with Gasteiger partial charge in [0.2, 0.25) is 5.88 Å². The second-order valence-electron chi connectivity index (χ2n) is 4.27. The van der Waals surface area contributed by atoms with E-state index in [2.05, 4.69) is 27.5 Å². The van der Waals surface area contributed by atoms with Gasteiger partial charge in [-0.05, 0) is 42.5 Å². The first-order valence-corrected chi connectivity index (χ1v) is 5.93. The zero-order chi connectivity index (χ0) is 12.4. The van der Waals surface area contributed by atoms with Crippen LogP contribution in [0.5, 0.6) is 11.6 Å². The molecule has 1 aromatic carbocycles. The van der Waals surface area contributed by atoms with Crippen molar-refractivity contribution in [3.05, 3.63) is 41.7 Å². The van der Waals surface area contributed by atoms with E-state index >= 15 is 0 Å². The van der Waals surface area contributed by atoms with Crippen LogP contribution in [-0.2, 0) is 12.8 Å². The molecule has 0 saturated heterocycles. The molecule has 0 unspecified atom stereocenters. The molecule has 0 radical (unpaired) electrons. The van der Waals surface area contributed by atoms with E-state index in [0.29, 0.717) is 11.7 Å². The van der Waals surface area contributed by atoms with Crippen LogP contribution in [0.15, 0.2) is 30.6 Å². The third-order valence-electron chi connectivity index (χ3n) is 3.08. The number of ether oxygens (including phenoxy) is 1. The molecule has 3 rings (SSSR count). The van der Waals surface area contributed by atoms with E-state index < -0.39 is 0 Å². The summed E-state index contributed by atoms with van der Waals surface area (Å²) in [6, 6.07) is 7.84. The average molecular weight is 242 g/mol. The lowest BCUT2D eigenvalue weighted by Gasteiger charge is -2.07. The van der Waals surface area contributed by atoms with Gasteiger partial charge >= 0.3 is 0 Å². The number of rotatable bonds is 3. The number of nitrogens with two attached hydrogens (primary N) is 1. The standard InChI is InChI=1S/C13H14N4O/c14-17-12-7-13(16-8-15-12)18-11-5-4-9-2-1-3-10(9)6-11/h4-8H,1-3,14H2,(H,15,16,17). The van der Waals surface area contributed by atoms with Crippen LogP contribution in [0.2, 0.25) is 0 Å². The maximum absolute atomic E-state index is 5.70. The van der Waals surface area contributed by atoms with Crippen molar-refractivity contribution in [1.29, 1.82) is 0 Å². The van der Waals surface area contributed by atoms with Crippen LogP contribution in [-0.4, -0.2) is 9.97 Å². The van der Waals surface area contributed by atoms with Gasteiger partial charge in [-0.3, -0.25) is 0 Å². The fraction of sp³-hybridized carbons (Fsp3) is 0.231. The zero-order valence-corrected chi connectivity index (χ0v) is 9.89. The minimum Gasteiger partial charge on any atom is -0.439 e. The highest BCUT2D eigenvalue weighted by atomic mass is 16.5. The minimum absolute atomic E-state index is 0.482. The Kier molecular flexibility index (Phi) is 2.82. The van der Waals surface area contributed by atoms with Gasteiger partial charge in [-0.1, -0.05) is 6.07 Å². The van der Waals surface area contributed by atoms with E-state index in [1.807, 2.05) is 6.07 Å². The number of fused-ring (bicyclic) bond motifs is 1. The Morgan fingerprint density at radius 3 is 2.89 bits per heavy atom. The fourth-order valence-corrected chi connectivity index (χ4v) is 2.21. The third kappa shape index (κ3) is 2.12. The summed E-state index contributed by atoms with van der Waals surface area (Å²) < 4.78 is 5.70. The zero-order valence-electron chi connectivity index (χ0n) is 9.89. The van der Waals surface area contributed by atoms with Gasteiger partial charge in [0.25, 0.3) is 0 Å². The first-order chi connectivity index (χ1) is 8.85. The summed E-state index contributed by atoms with van der Waals surface area (Å²) in [7, 11) is 0. The summed E-state index contributed by atoms with van der Waals surface area (Å²) in [6.45, 7) is 0. The van der Waals surface area contributed by atoms with Gasteiger partial charge in [0, 0.05) is 6.07 Å². The number of hydrazine groups is 1. The van der Waals surface area contributed by atoms with Crippen molar-refractivity contribution in [2.45, 2.75) is 19.3 Å². The molecular weight excluding hydrogens is 228 g/mol. The smallest absolute Gasteiger partial charge is 0.224 e. The lowest BCUT2D eigenvalue weighted by atomic mass is 10.1. The summed E-state index contributed by atoms with van der Waals surface area (Å²) in [5, 5.41) is 0. The van der Waals surface area contributed by atoms with Gasteiger partial charge in [0.15, 0.2) is 0 Å². The number of nitrogen functional groups attached to an aromatic ring is 1. The number of nitrogens with zero attached hydrogens (tertiary/aromatic N) is 2. The number of hydrogen-bond acceptors (Lipinski definition) is 5. The van der Waals surface area contributed by atoms with E-state index in [9.17, 15) is 0 Å². The minimum atomic E-state index is 0.482. The van der Waals surface area contributed by atoms with E-state index in [1.54, 1.807) is 6.07 Å². The van der Waals surface area contributed by atoms with Crippen molar-refractivity contribution in [3.8, 4) is 11.6 Å². The number of aromatic nitrogens is 2. The van der Waals surface area contributed by atoms with Crippen LogP contribution < -0.4 is 16.0 Å². The summed E-state index contributed by atoms with van der Waals surface area (Å²) in [5.74, 6) is 7.10. The van der Waals surface area contributed by atoms with Crippen molar-refractivity contribution in [1.82, 2.24) is 9.97 Å². The maximum Gasteiger partial charge on any atom is 0.224 e. The Labute approximate surface area is 105 Å². The Morgan fingerprint density at radius 2 is 2.00 bits per heavy atom. The van der Waals surface area contributed by atoms with Crippen molar-refractivity contribution in [3.63, 3.8) is 0 Å². The van der Waals surface area contributed by atoms with Crippen molar-refractivity contribution in [2.75, 3.05) is 5.43 Å². The van der Waals surface area contributed by atoms with Gasteiger partial charge in [0.05, 0.1) is 0 Å². The molecule has 0 amide bonds. The quantitative estimate of drug-likeness (QED) is 0.636. The summed E-state index contributed by atoms with van der Waals surface area (Å²) in [6.07, 6.45) is 4.95. The van der Waals surface area contributed by atoms with Crippen molar-refractivity contribution >= 4 is 5.82 Å². The van der Waals surface area contributed by atoms with Crippen LogP contribution in [0.1, 0.15) is 17.5 Å². The summed E-state index contributed by atoms with van der Waals surface area (Å²) >= 11 is 0. The highest BCUT2D eigenvalue weighted by Gasteiger charge is 2.11. The predicted molar refractivity (Wildman–Crippen MR) is 68.4 cm³/mol. The lowest BCUT2D eigenvalue weighted by Crippen LogP contribution is -2.08. The molecule has 5 nitrogen and oxygen atoms in total. The molecule has 0 saturated carbocycles. The van der Waals surface area contributed by atoms with Crippen LogP contribution in [0.25, 0.3) is 0 Å². The number of nitrogens with one attached hydrogen (secondary N) is 1. The molecule has 1 aromatic heterocycles. The number of hydrogen-bond donors (Lipinski definition) is 2. The predicted octanol–water partition coefficient (Wildman–Crippen LogP) is 2.04. The first kappa shape index (κ1) is 11.0. The molecular formula is C13H14N4O. The molecule has 0 fully saturated rings. The van der Waals surface area contributed by atoms with Crippen LogP contribution in [0.3, 0.4) is 0 Å². The van der Waals surface area contributed by atoms with E-state index in [-0.39, 0.29) is 0 Å². The molecule has 1 heterocycles. The lowest BCUT2D eigenvalue weighted by molar-refractivity contribution is 0.461. The van der Waals surface area contributed by atoms with Crippen LogP contribution >= 0.6 is 0 Å². The molecule has 3 N–H and O–H groups in total. The fourth-order valence-electron chi connectivity index (χ4n) is 2.21. The topological polar surface area (TPSA) is 73.1 Å². The molecule has 0 bridgehead atoms. The second kappa shape index (κ2) is 4.62. The SMILES string of the molecule is NNc1cc(Oc2ccc3c(c2)CCC3)ncn1. The average Bonchev–Trinajstić information content (AvgIpc) is 2.86. The molecule has 2 aromatic rings. The molecule has 0 aliphatic heterocycles. The van der Waals surface area contributed by atoms with Gasteiger partial charge < -0.3 is 10.2 Å². The highest BCUT2D eigenvalue weighted by molar-refractivity contribution is 5.41. The molecule has 5 heteroatoms. The van der Waals surface area contributed by atoms with Crippen LogP contribution in [0, 0.1) is 0 Å². The first-order valence-electron chi connectivity index (χ1n) is 5.93. The van der Waals surface area contributed by atoms with Crippen molar-refractivity contribution < 1.29 is 4.74 Å². The number of aryl methyl sites for hydroxylation is 2. The van der Waals surface area contributed by atoms with E-state index in [1.165, 1.54) is 30.3 Å². The molecule has 0 atom stereocenters. The van der Waals surface area contributed by atoms with Crippen LogP contribution in [0.4, 0.5) is 5.82 Å². The summed E-state index contributed by atoms with van der Waals surface area (Å²) in [5.41, 5.74) is 5.26. The van der Waals surface area contributed by atoms with Gasteiger partial charge in [-0.25, -0.2) is 15.8 Å². The molecule has 18 heavy (non-hydrogen) atoms. The Bertz CT molecular complexity index is 571. The maximum atomic E-state index is 5.70. The molecule has 1 aliphatic carbocycles. The molecule has 0 spiro atoms. The van der Waals surface area contributed by atoms with E-state index in [0.717, 1.165) is 12.2 Å². The van der Waals surface area contributed by atoms with Gasteiger partial charge in [-0.2, -0.15) is 0 Å². The van der Waals surface area contributed by atoms with Gasteiger partial charge in [0.1, 0.15) is 17.9 Å². The van der Waals surface area contributed by atoms with E-state index in [4.69, 9.17) is 10.6 Å². The third-order valence-corrected chi connectivity index (χ3v) is 3.08. The normalized spacial score (nSPS) is 13.2. The Morgan fingerprint density at radius 1 is 1.11 bits per heavy atom. The second-order valence-corrected chi connectivity index (χ2v) is 4.27. The molecule has 1 aliphatic rings.